The second-order valence-corrected chi connectivity index (χ2v) is 6.92. The van der Waals surface area contributed by atoms with Crippen molar-refractivity contribution in [2.75, 3.05) is 0 Å². The molecule has 0 atom stereocenters. The molecule has 1 nitrogen and oxygen atoms in total. The highest BCUT2D eigenvalue weighted by atomic mass is 14.8. The van der Waals surface area contributed by atoms with Crippen LogP contribution < -0.4 is 0 Å². The minimum atomic E-state index is 0.941. The molecule has 0 amide bonds. The lowest BCUT2D eigenvalue weighted by atomic mass is 10.0. The fourth-order valence-corrected chi connectivity index (χ4v) is 3.05. The molecule has 0 saturated carbocycles. The molecule has 0 aliphatic carbocycles. The van der Waals surface area contributed by atoms with Gasteiger partial charge in [-0.3, -0.25) is 0 Å². The molecular weight excluding hydrogens is 338 g/mol. The molecule has 0 heterocycles. The summed E-state index contributed by atoms with van der Waals surface area (Å²) in [6.45, 7) is 6.40. The van der Waals surface area contributed by atoms with Gasteiger partial charge in [0.25, 0.3) is 0 Å². The zero-order valence-electron chi connectivity index (χ0n) is 16.9. The topological polar surface area (TPSA) is 12.4 Å². The summed E-state index contributed by atoms with van der Waals surface area (Å²) in [5, 5.41) is 0. The van der Waals surface area contributed by atoms with Crippen LogP contribution in [-0.4, -0.2) is 5.71 Å². The van der Waals surface area contributed by atoms with Crippen molar-refractivity contribution in [1.29, 1.82) is 0 Å². The summed E-state index contributed by atoms with van der Waals surface area (Å²) in [5.41, 5.74) is 7.91. The third-order valence-corrected chi connectivity index (χ3v) is 4.64. The Balaban J connectivity index is 2.09. The van der Waals surface area contributed by atoms with Gasteiger partial charge in [0.05, 0.1) is 11.4 Å². The second-order valence-electron chi connectivity index (χ2n) is 6.92. The minimum absolute atomic E-state index is 0.941. The minimum Gasteiger partial charge on any atom is -0.248 e. The molecule has 0 bridgehead atoms. The Hall–Kier alpha value is -3.19. The molecule has 0 aliphatic heterocycles. The molecule has 0 aromatic heterocycles. The van der Waals surface area contributed by atoms with Crippen molar-refractivity contribution in [3.05, 3.63) is 119 Å². The lowest BCUT2D eigenvalue weighted by Crippen LogP contribution is -1.99. The molecule has 3 aromatic rings. The molecule has 0 fully saturated rings. The molecule has 0 radical (unpaired) electrons. The Bertz CT molecular complexity index is 975. The summed E-state index contributed by atoms with van der Waals surface area (Å²) < 4.78 is 0. The fourth-order valence-electron chi connectivity index (χ4n) is 3.05. The lowest BCUT2D eigenvalue weighted by Gasteiger charge is -2.09. The van der Waals surface area contributed by atoms with E-state index >= 15 is 0 Å². The summed E-state index contributed by atoms with van der Waals surface area (Å²) in [4.78, 5) is 5.10. The van der Waals surface area contributed by atoms with Gasteiger partial charge in [-0.2, -0.15) is 0 Å². The van der Waals surface area contributed by atoms with Crippen LogP contribution in [0, 0.1) is 6.92 Å². The first kappa shape index (κ1) is 19.6. The standard InChI is InChI=1S/C27H27N/c1-4-11-26(25-18-16-21(2)17-19-25)28-27(24-14-9-6-10-15-24)20-22(3)23-12-7-5-8-13-23/h5-20H,4H2,1-3H3/b22-20+,26-11+,28-27-. The van der Waals surface area contributed by atoms with Crippen molar-refractivity contribution in [2.45, 2.75) is 27.2 Å². The van der Waals surface area contributed by atoms with Gasteiger partial charge >= 0.3 is 0 Å². The number of hydrogen-bond donors (Lipinski definition) is 0. The SMILES string of the molecule is CC/C=C(/N=C(/C=C(\C)c1ccccc1)c1ccccc1)c1ccc(C)cc1. The first-order chi connectivity index (χ1) is 13.7. The highest BCUT2D eigenvalue weighted by Crippen LogP contribution is 2.21. The first-order valence-corrected chi connectivity index (χ1v) is 9.82. The normalized spacial score (nSPS) is 12.9. The Morgan fingerprint density at radius 1 is 0.750 bits per heavy atom. The van der Waals surface area contributed by atoms with E-state index in [0.717, 1.165) is 29.0 Å². The summed E-state index contributed by atoms with van der Waals surface area (Å²) in [5.74, 6) is 0. The maximum Gasteiger partial charge on any atom is 0.0712 e. The molecule has 0 N–H and O–H groups in total. The van der Waals surface area contributed by atoms with E-state index in [-0.39, 0.29) is 0 Å². The third kappa shape index (κ3) is 5.17. The number of benzene rings is 3. The van der Waals surface area contributed by atoms with E-state index in [1.807, 2.05) is 12.1 Å². The van der Waals surface area contributed by atoms with Crippen molar-refractivity contribution in [3.63, 3.8) is 0 Å². The van der Waals surface area contributed by atoms with Crippen LogP contribution in [0.2, 0.25) is 0 Å². The number of aliphatic imine (C=N–C) groups is 1. The molecule has 0 saturated heterocycles. The van der Waals surface area contributed by atoms with Gasteiger partial charge in [-0.1, -0.05) is 103 Å². The van der Waals surface area contributed by atoms with Gasteiger partial charge in [0.15, 0.2) is 0 Å². The number of aryl methyl sites for hydroxylation is 1. The highest BCUT2D eigenvalue weighted by molar-refractivity contribution is 6.14. The number of rotatable bonds is 6. The molecule has 28 heavy (non-hydrogen) atoms. The quantitative estimate of drug-likeness (QED) is 0.405. The maximum absolute atomic E-state index is 5.10. The predicted octanol–water partition coefficient (Wildman–Crippen LogP) is 7.34. The van der Waals surface area contributed by atoms with Crippen LogP contribution in [0.1, 0.15) is 42.5 Å². The van der Waals surface area contributed by atoms with Crippen LogP contribution in [0.5, 0.6) is 0 Å². The van der Waals surface area contributed by atoms with Crippen molar-refractivity contribution < 1.29 is 0 Å². The average Bonchev–Trinajstić information content (AvgIpc) is 2.74. The molecule has 3 aromatic carbocycles. The zero-order valence-corrected chi connectivity index (χ0v) is 16.9. The highest BCUT2D eigenvalue weighted by Gasteiger charge is 2.06. The zero-order chi connectivity index (χ0) is 19.8. The molecule has 3 rings (SSSR count). The summed E-state index contributed by atoms with van der Waals surface area (Å²) in [6.07, 6.45) is 5.32. The first-order valence-electron chi connectivity index (χ1n) is 9.82. The fraction of sp³-hybridized carbons (Fsp3) is 0.148. The van der Waals surface area contributed by atoms with Gasteiger partial charge in [0.1, 0.15) is 0 Å². The number of hydrogen-bond acceptors (Lipinski definition) is 1. The van der Waals surface area contributed by atoms with E-state index in [4.69, 9.17) is 4.99 Å². The Kier molecular flexibility index (Phi) is 6.75. The van der Waals surface area contributed by atoms with Gasteiger partial charge in [-0.15, -0.1) is 0 Å². The molecule has 0 spiro atoms. The van der Waals surface area contributed by atoms with Gasteiger partial charge < -0.3 is 0 Å². The van der Waals surface area contributed by atoms with Crippen LogP contribution in [0.15, 0.2) is 102 Å². The number of nitrogens with zero attached hydrogens (tertiary/aromatic N) is 1. The van der Waals surface area contributed by atoms with Crippen LogP contribution >= 0.6 is 0 Å². The van der Waals surface area contributed by atoms with Crippen LogP contribution in [-0.2, 0) is 0 Å². The summed E-state index contributed by atoms with van der Waals surface area (Å²) in [6, 6.07) is 29.4. The molecule has 0 unspecified atom stereocenters. The van der Waals surface area contributed by atoms with E-state index in [1.54, 1.807) is 0 Å². The van der Waals surface area contributed by atoms with Crippen LogP contribution in [0.3, 0.4) is 0 Å². The average molecular weight is 366 g/mol. The largest absolute Gasteiger partial charge is 0.248 e. The molecule has 1 heteroatoms. The van der Waals surface area contributed by atoms with Gasteiger partial charge in [-0.05, 0) is 43.0 Å². The third-order valence-electron chi connectivity index (χ3n) is 4.64. The second kappa shape index (κ2) is 9.66. The Morgan fingerprint density at radius 3 is 1.89 bits per heavy atom. The van der Waals surface area contributed by atoms with Crippen LogP contribution in [0.25, 0.3) is 11.3 Å². The van der Waals surface area contributed by atoms with E-state index in [9.17, 15) is 0 Å². The monoisotopic (exact) mass is 365 g/mol. The van der Waals surface area contributed by atoms with E-state index in [0.29, 0.717) is 0 Å². The van der Waals surface area contributed by atoms with Gasteiger partial charge in [0.2, 0.25) is 0 Å². The molecular formula is C27H27N. The van der Waals surface area contributed by atoms with Gasteiger partial charge in [0, 0.05) is 5.56 Å². The predicted molar refractivity (Wildman–Crippen MR) is 123 cm³/mol. The van der Waals surface area contributed by atoms with E-state index in [1.165, 1.54) is 16.7 Å². The van der Waals surface area contributed by atoms with Crippen molar-refractivity contribution in [2.24, 2.45) is 4.99 Å². The van der Waals surface area contributed by atoms with Crippen molar-refractivity contribution in [3.8, 4) is 0 Å². The maximum atomic E-state index is 5.10. The summed E-state index contributed by atoms with van der Waals surface area (Å²) >= 11 is 0. The van der Waals surface area contributed by atoms with Crippen LogP contribution in [0.4, 0.5) is 0 Å². The van der Waals surface area contributed by atoms with Gasteiger partial charge in [-0.25, -0.2) is 4.99 Å². The molecule has 140 valence electrons. The van der Waals surface area contributed by atoms with E-state index in [2.05, 4.69) is 106 Å². The van der Waals surface area contributed by atoms with Crippen molar-refractivity contribution in [1.82, 2.24) is 0 Å². The van der Waals surface area contributed by atoms with Crippen molar-refractivity contribution >= 4 is 17.0 Å². The smallest absolute Gasteiger partial charge is 0.0712 e. The van der Waals surface area contributed by atoms with E-state index < -0.39 is 0 Å². The Labute approximate surface area is 168 Å². The summed E-state index contributed by atoms with van der Waals surface area (Å²) in [7, 11) is 0. The number of allylic oxidation sites excluding steroid dienone is 3. The Morgan fingerprint density at radius 2 is 1.32 bits per heavy atom. The molecule has 0 aliphatic rings. The lowest BCUT2D eigenvalue weighted by molar-refractivity contribution is 1.21.